The van der Waals surface area contributed by atoms with Crippen LogP contribution in [0, 0.1) is 11.6 Å². The molecular weight excluding hydrogens is 332 g/mol. The van der Waals surface area contributed by atoms with Crippen LogP contribution in [0.3, 0.4) is 0 Å². The van der Waals surface area contributed by atoms with Gasteiger partial charge in [-0.15, -0.1) is 11.3 Å². The number of thiophene rings is 1. The van der Waals surface area contributed by atoms with Crippen LogP contribution in [0.2, 0.25) is 0 Å². The van der Waals surface area contributed by atoms with Crippen molar-refractivity contribution in [1.29, 1.82) is 0 Å². The van der Waals surface area contributed by atoms with E-state index in [1.165, 1.54) is 10.9 Å². The third kappa shape index (κ3) is 5.49. The molecule has 130 valence electrons. The minimum atomic E-state index is -0.916. The molecule has 0 radical (unpaired) electrons. The number of hydrogen-bond donors (Lipinski definition) is 2. The van der Waals surface area contributed by atoms with Gasteiger partial charge in [0, 0.05) is 30.5 Å². The molecule has 0 saturated carbocycles. The monoisotopic (exact) mass is 353 g/mol. The van der Waals surface area contributed by atoms with Gasteiger partial charge in [0.2, 0.25) is 0 Å². The molecular formula is C17H21F2N3OS. The first kappa shape index (κ1) is 18.2. The van der Waals surface area contributed by atoms with E-state index in [2.05, 4.69) is 34.0 Å². The highest BCUT2D eigenvalue weighted by Crippen LogP contribution is 2.19. The van der Waals surface area contributed by atoms with E-state index in [1.807, 2.05) is 6.07 Å². The number of nitrogens with one attached hydrogen (secondary N) is 2. The SMILES string of the molecule is CN=C(NCCOc1ccc(F)c(F)c1)NCC(C)c1cccs1. The van der Waals surface area contributed by atoms with Gasteiger partial charge >= 0.3 is 0 Å². The maximum absolute atomic E-state index is 13.1. The molecule has 0 saturated heterocycles. The van der Waals surface area contributed by atoms with Crippen LogP contribution in [0.5, 0.6) is 5.75 Å². The third-order valence-electron chi connectivity index (χ3n) is 3.38. The average Bonchev–Trinajstić information content (AvgIpc) is 3.11. The summed E-state index contributed by atoms with van der Waals surface area (Å²) in [7, 11) is 1.70. The summed E-state index contributed by atoms with van der Waals surface area (Å²) in [6.45, 7) is 3.72. The highest BCUT2D eigenvalue weighted by molar-refractivity contribution is 7.10. The van der Waals surface area contributed by atoms with Crippen molar-refractivity contribution >= 4 is 17.3 Å². The second kappa shape index (κ2) is 9.22. The number of aliphatic imine (C=N–C) groups is 1. The Hall–Kier alpha value is -2.15. The molecule has 7 heteroatoms. The maximum Gasteiger partial charge on any atom is 0.191 e. The van der Waals surface area contributed by atoms with Crippen LogP contribution in [0.4, 0.5) is 8.78 Å². The molecule has 0 spiro atoms. The van der Waals surface area contributed by atoms with Crippen LogP contribution < -0.4 is 15.4 Å². The fourth-order valence-corrected chi connectivity index (χ4v) is 2.83. The zero-order valence-corrected chi connectivity index (χ0v) is 14.5. The van der Waals surface area contributed by atoms with E-state index in [4.69, 9.17) is 4.74 Å². The Morgan fingerprint density at radius 3 is 2.75 bits per heavy atom. The van der Waals surface area contributed by atoms with Gasteiger partial charge in [-0.05, 0) is 23.6 Å². The largest absolute Gasteiger partial charge is 0.492 e. The Morgan fingerprint density at radius 2 is 2.08 bits per heavy atom. The van der Waals surface area contributed by atoms with Gasteiger partial charge < -0.3 is 15.4 Å². The summed E-state index contributed by atoms with van der Waals surface area (Å²) < 4.78 is 31.3. The second-order valence-corrected chi connectivity index (χ2v) is 6.20. The zero-order chi connectivity index (χ0) is 17.4. The summed E-state index contributed by atoms with van der Waals surface area (Å²) in [5.41, 5.74) is 0. The first-order chi connectivity index (χ1) is 11.6. The lowest BCUT2D eigenvalue weighted by molar-refractivity contribution is 0.318. The van der Waals surface area contributed by atoms with Gasteiger partial charge in [0.25, 0.3) is 0 Å². The molecule has 1 aromatic carbocycles. The van der Waals surface area contributed by atoms with Crippen LogP contribution in [0.1, 0.15) is 17.7 Å². The summed E-state index contributed by atoms with van der Waals surface area (Å²) in [6.07, 6.45) is 0. The molecule has 2 N–H and O–H groups in total. The number of benzene rings is 1. The van der Waals surface area contributed by atoms with E-state index in [-0.39, 0.29) is 0 Å². The summed E-state index contributed by atoms with van der Waals surface area (Å²) in [5, 5.41) is 8.43. The number of guanidine groups is 1. The van der Waals surface area contributed by atoms with E-state index in [0.29, 0.717) is 30.8 Å². The molecule has 2 aromatic rings. The fraction of sp³-hybridized carbons (Fsp3) is 0.353. The van der Waals surface area contributed by atoms with Crippen molar-refractivity contribution in [3.05, 3.63) is 52.2 Å². The van der Waals surface area contributed by atoms with Crippen LogP contribution in [0.25, 0.3) is 0 Å². The van der Waals surface area contributed by atoms with E-state index in [1.54, 1.807) is 18.4 Å². The molecule has 0 amide bonds. The van der Waals surface area contributed by atoms with Crippen molar-refractivity contribution < 1.29 is 13.5 Å². The van der Waals surface area contributed by atoms with Crippen molar-refractivity contribution in [3.63, 3.8) is 0 Å². The number of hydrogen-bond acceptors (Lipinski definition) is 3. The molecule has 0 aliphatic carbocycles. The molecule has 0 aliphatic rings. The van der Waals surface area contributed by atoms with E-state index in [0.717, 1.165) is 18.7 Å². The average molecular weight is 353 g/mol. The van der Waals surface area contributed by atoms with Gasteiger partial charge in [-0.3, -0.25) is 4.99 Å². The van der Waals surface area contributed by atoms with Crippen molar-refractivity contribution in [2.24, 2.45) is 4.99 Å². The van der Waals surface area contributed by atoms with Crippen LogP contribution >= 0.6 is 11.3 Å². The van der Waals surface area contributed by atoms with Crippen LogP contribution in [-0.4, -0.2) is 32.7 Å². The molecule has 1 unspecified atom stereocenters. The zero-order valence-electron chi connectivity index (χ0n) is 13.7. The second-order valence-electron chi connectivity index (χ2n) is 5.22. The Kier molecular flexibility index (Phi) is 6.99. The van der Waals surface area contributed by atoms with Gasteiger partial charge in [0.1, 0.15) is 12.4 Å². The number of rotatable bonds is 7. The molecule has 4 nitrogen and oxygen atoms in total. The lowest BCUT2D eigenvalue weighted by atomic mass is 10.1. The Morgan fingerprint density at radius 1 is 1.25 bits per heavy atom. The van der Waals surface area contributed by atoms with Crippen molar-refractivity contribution in [2.75, 3.05) is 26.7 Å². The summed E-state index contributed by atoms with van der Waals surface area (Å²) in [6, 6.07) is 7.63. The molecule has 0 bridgehead atoms. The smallest absolute Gasteiger partial charge is 0.191 e. The highest BCUT2D eigenvalue weighted by atomic mass is 32.1. The maximum atomic E-state index is 13.1. The summed E-state index contributed by atoms with van der Waals surface area (Å²) >= 11 is 1.73. The molecule has 2 rings (SSSR count). The third-order valence-corrected chi connectivity index (χ3v) is 4.49. The first-order valence-corrected chi connectivity index (χ1v) is 8.54. The Labute approximate surface area is 144 Å². The van der Waals surface area contributed by atoms with Crippen molar-refractivity contribution in [2.45, 2.75) is 12.8 Å². The molecule has 24 heavy (non-hydrogen) atoms. The fourth-order valence-electron chi connectivity index (χ4n) is 2.05. The topological polar surface area (TPSA) is 45.7 Å². The lowest BCUT2D eigenvalue weighted by Crippen LogP contribution is -2.40. The summed E-state index contributed by atoms with van der Waals surface area (Å²) in [5.74, 6) is -0.440. The predicted octanol–water partition coefficient (Wildman–Crippen LogP) is 3.37. The molecule has 0 fully saturated rings. The molecule has 1 atom stereocenters. The van der Waals surface area contributed by atoms with Crippen molar-refractivity contribution in [3.8, 4) is 5.75 Å². The van der Waals surface area contributed by atoms with E-state index >= 15 is 0 Å². The van der Waals surface area contributed by atoms with Gasteiger partial charge in [-0.25, -0.2) is 8.78 Å². The standard InChI is InChI=1S/C17H21F2N3OS/c1-12(16-4-3-9-24-16)11-22-17(20-2)21-7-8-23-13-5-6-14(18)15(19)10-13/h3-6,9-10,12H,7-8,11H2,1-2H3,(H2,20,21,22). The van der Waals surface area contributed by atoms with Gasteiger partial charge in [0.15, 0.2) is 17.6 Å². The quantitative estimate of drug-likeness (QED) is 0.456. The molecule has 0 aliphatic heterocycles. The molecule has 1 heterocycles. The first-order valence-electron chi connectivity index (χ1n) is 7.66. The molecule has 1 aromatic heterocycles. The highest BCUT2D eigenvalue weighted by Gasteiger charge is 2.07. The Balaban J connectivity index is 1.69. The minimum absolute atomic E-state index is 0.296. The van der Waals surface area contributed by atoms with Crippen LogP contribution in [-0.2, 0) is 0 Å². The Bertz CT molecular complexity index is 662. The predicted molar refractivity (Wildman–Crippen MR) is 94.0 cm³/mol. The number of ether oxygens (including phenoxy) is 1. The normalized spacial score (nSPS) is 12.8. The van der Waals surface area contributed by atoms with Gasteiger partial charge in [-0.2, -0.15) is 0 Å². The van der Waals surface area contributed by atoms with Gasteiger partial charge in [-0.1, -0.05) is 13.0 Å². The lowest BCUT2D eigenvalue weighted by Gasteiger charge is -2.15. The van der Waals surface area contributed by atoms with Crippen molar-refractivity contribution in [1.82, 2.24) is 10.6 Å². The van der Waals surface area contributed by atoms with E-state index in [9.17, 15) is 8.78 Å². The minimum Gasteiger partial charge on any atom is -0.492 e. The van der Waals surface area contributed by atoms with Crippen LogP contribution in [0.15, 0.2) is 40.7 Å². The van der Waals surface area contributed by atoms with E-state index < -0.39 is 11.6 Å². The number of nitrogens with zero attached hydrogens (tertiary/aromatic N) is 1. The van der Waals surface area contributed by atoms with Gasteiger partial charge in [0.05, 0.1) is 6.54 Å². The summed E-state index contributed by atoms with van der Waals surface area (Å²) in [4.78, 5) is 5.46. The number of halogens is 2.